The molecule has 0 spiro atoms. The van der Waals surface area contributed by atoms with Crippen LogP contribution in [-0.2, 0) is 0 Å². The van der Waals surface area contributed by atoms with Crippen molar-refractivity contribution in [2.24, 2.45) is 0 Å². The Hall–Kier alpha value is -8.77. The summed E-state index contributed by atoms with van der Waals surface area (Å²) in [5.74, 6) is -0.950. The minimum Gasteiger partial charge on any atom is -0.508 e. The number of amides is 4. The van der Waals surface area contributed by atoms with Crippen LogP contribution in [0.4, 0.5) is 22.7 Å². The number of carbonyl (C=O) groups excluding carboxylic acids is 5. The van der Waals surface area contributed by atoms with Crippen LogP contribution >= 0.6 is 0 Å². The van der Waals surface area contributed by atoms with Crippen LogP contribution < -0.4 is 30.7 Å². The normalized spacial score (nSPS) is 10.7. The molecule has 8 rings (SSSR count). The number of anilines is 4. The molecule has 0 fully saturated rings. The fourth-order valence-corrected chi connectivity index (χ4v) is 6.58. The summed E-state index contributed by atoms with van der Waals surface area (Å²) in [5, 5.41) is 24.4. The van der Waals surface area contributed by atoms with Gasteiger partial charge in [-0.05, 0) is 161 Å². The van der Waals surface area contributed by atoms with E-state index in [1.165, 1.54) is 6.07 Å². The van der Waals surface area contributed by atoms with Gasteiger partial charge in [0.1, 0.15) is 17.2 Å². The lowest BCUT2D eigenvalue weighted by Crippen LogP contribution is -2.16. The van der Waals surface area contributed by atoms with Crippen molar-refractivity contribution in [2.45, 2.75) is 0 Å². The van der Waals surface area contributed by atoms with Gasteiger partial charge in [-0.3, -0.25) is 19.2 Å². The standard InChI is InChI=1S/C50H36N4O8/c1-61-45-24-12-32-26-38(8-6-34(32)29-45)50(60)62-44-22-10-30(11-23-44)46(56)51-39-13-15-40(16-14-39)52-47(57)35-3-2-4-36(27-35)48(58)53-41-17-19-42(20-18-41)54-49(59)37-7-5-33-28-43(55)21-9-31(33)25-37/h2-29,55H,1H3,(H,51,56)(H,52,57)(H,53,58)(H,54,59). The lowest BCUT2D eigenvalue weighted by atomic mass is 10.1. The molecule has 8 aromatic rings. The molecule has 0 atom stereocenters. The first-order valence-corrected chi connectivity index (χ1v) is 19.3. The Morgan fingerprint density at radius 1 is 0.387 bits per heavy atom. The van der Waals surface area contributed by atoms with Crippen LogP contribution in [0.2, 0.25) is 0 Å². The van der Waals surface area contributed by atoms with E-state index in [1.54, 1.807) is 147 Å². The van der Waals surface area contributed by atoms with Gasteiger partial charge in [-0.2, -0.15) is 0 Å². The third-order valence-corrected chi connectivity index (χ3v) is 9.88. The predicted molar refractivity (Wildman–Crippen MR) is 239 cm³/mol. The van der Waals surface area contributed by atoms with Gasteiger partial charge in [0.15, 0.2) is 0 Å². The summed E-state index contributed by atoms with van der Waals surface area (Å²) in [4.78, 5) is 65.0. The Labute approximate surface area is 354 Å². The van der Waals surface area contributed by atoms with Crippen LogP contribution in [0.3, 0.4) is 0 Å². The van der Waals surface area contributed by atoms with Gasteiger partial charge in [0, 0.05) is 45.0 Å². The maximum Gasteiger partial charge on any atom is 0.343 e. The second kappa shape index (κ2) is 17.6. The monoisotopic (exact) mass is 820 g/mol. The minimum absolute atomic E-state index is 0.149. The SMILES string of the molecule is COc1ccc2cc(C(=O)Oc3ccc(C(=O)Nc4ccc(NC(=O)c5cccc(C(=O)Nc6ccc(NC(=O)c7ccc8cc(O)ccc8c7)cc6)c5)cc4)cc3)ccc2c1. The predicted octanol–water partition coefficient (Wildman–Crippen LogP) is 9.94. The molecule has 0 saturated carbocycles. The molecule has 0 aliphatic heterocycles. The molecule has 0 unspecified atom stereocenters. The Bertz CT molecular complexity index is 3020. The molecule has 4 amide bonds. The number of phenolic OH excluding ortho intramolecular Hbond substituents is 1. The van der Waals surface area contributed by atoms with Gasteiger partial charge in [0.05, 0.1) is 12.7 Å². The van der Waals surface area contributed by atoms with E-state index in [-0.39, 0.29) is 34.4 Å². The summed E-state index contributed by atoms with van der Waals surface area (Å²) in [6, 6.07) is 46.6. The van der Waals surface area contributed by atoms with E-state index >= 15 is 0 Å². The lowest BCUT2D eigenvalue weighted by molar-refractivity contribution is 0.0734. The molecule has 8 aromatic carbocycles. The first-order valence-electron chi connectivity index (χ1n) is 19.3. The fourth-order valence-electron chi connectivity index (χ4n) is 6.58. The van der Waals surface area contributed by atoms with Crippen molar-refractivity contribution in [3.05, 3.63) is 198 Å². The topological polar surface area (TPSA) is 172 Å². The first-order chi connectivity index (χ1) is 30.1. The van der Waals surface area contributed by atoms with Crippen molar-refractivity contribution in [3.63, 3.8) is 0 Å². The zero-order valence-corrected chi connectivity index (χ0v) is 33.0. The zero-order valence-electron chi connectivity index (χ0n) is 33.0. The average molecular weight is 821 g/mol. The Balaban J connectivity index is 0.812. The first kappa shape index (κ1) is 40.0. The van der Waals surface area contributed by atoms with Crippen molar-refractivity contribution < 1.29 is 38.6 Å². The molecule has 12 heteroatoms. The fraction of sp³-hybridized carbons (Fsp3) is 0.0200. The number of hydrogen-bond donors (Lipinski definition) is 5. The van der Waals surface area contributed by atoms with E-state index in [1.807, 2.05) is 24.3 Å². The number of benzene rings is 8. The molecule has 0 aliphatic carbocycles. The highest BCUT2D eigenvalue weighted by Crippen LogP contribution is 2.25. The second-order valence-electron chi connectivity index (χ2n) is 14.1. The van der Waals surface area contributed by atoms with Gasteiger partial charge >= 0.3 is 5.97 Å². The summed E-state index contributed by atoms with van der Waals surface area (Å²) in [6.07, 6.45) is 0. The summed E-state index contributed by atoms with van der Waals surface area (Å²) < 4.78 is 10.8. The van der Waals surface area contributed by atoms with Crippen LogP contribution in [0, 0.1) is 0 Å². The molecule has 5 N–H and O–H groups in total. The minimum atomic E-state index is -0.531. The van der Waals surface area contributed by atoms with Crippen molar-refractivity contribution in [3.8, 4) is 17.2 Å². The summed E-state index contributed by atoms with van der Waals surface area (Å²) in [5.41, 5.74) is 3.66. The quantitative estimate of drug-likeness (QED) is 0.0634. The number of hydrogen-bond acceptors (Lipinski definition) is 8. The third-order valence-electron chi connectivity index (χ3n) is 9.88. The van der Waals surface area contributed by atoms with Crippen LogP contribution in [-0.4, -0.2) is 41.8 Å². The number of methoxy groups -OCH3 is 1. The van der Waals surface area contributed by atoms with Crippen LogP contribution in [0.5, 0.6) is 17.2 Å². The molecule has 304 valence electrons. The maximum atomic E-state index is 13.2. The molecule has 62 heavy (non-hydrogen) atoms. The van der Waals surface area contributed by atoms with Gasteiger partial charge in [-0.25, -0.2) is 4.79 Å². The zero-order chi connectivity index (χ0) is 43.2. The van der Waals surface area contributed by atoms with Gasteiger partial charge < -0.3 is 35.8 Å². The summed E-state index contributed by atoms with van der Waals surface area (Å²) >= 11 is 0. The van der Waals surface area contributed by atoms with Crippen molar-refractivity contribution in [1.29, 1.82) is 0 Å². The molecular weight excluding hydrogens is 785 g/mol. The van der Waals surface area contributed by atoms with E-state index in [0.717, 1.165) is 27.3 Å². The highest BCUT2D eigenvalue weighted by Gasteiger charge is 2.15. The van der Waals surface area contributed by atoms with Gasteiger partial charge in [-0.1, -0.05) is 30.3 Å². The number of esters is 1. The Morgan fingerprint density at radius 2 is 0.774 bits per heavy atom. The number of nitrogens with one attached hydrogen (secondary N) is 4. The van der Waals surface area contributed by atoms with E-state index in [2.05, 4.69) is 21.3 Å². The number of fused-ring (bicyclic) bond motifs is 2. The Kier molecular flexibility index (Phi) is 11.4. The van der Waals surface area contributed by atoms with E-state index in [9.17, 15) is 29.1 Å². The molecule has 0 heterocycles. The number of phenols is 1. The lowest BCUT2D eigenvalue weighted by Gasteiger charge is -2.10. The van der Waals surface area contributed by atoms with Gasteiger partial charge in [-0.15, -0.1) is 0 Å². The third kappa shape index (κ3) is 9.41. The molecule has 0 bridgehead atoms. The van der Waals surface area contributed by atoms with E-state index in [0.29, 0.717) is 39.4 Å². The highest BCUT2D eigenvalue weighted by atomic mass is 16.5. The van der Waals surface area contributed by atoms with E-state index in [4.69, 9.17) is 9.47 Å². The largest absolute Gasteiger partial charge is 0.508 e. The number of carbonyl (C=O) groups is 5. The molecule has 0 aromatic heterocycles. The number of rotatable bonds is 11. The molecular formula is C50H36N4O8. The van der Waals surface area contributed by atoms with Gasteiger partial charge in [0.2, 0.25) is 0 Å². The molecule has 0 aliphatic rings. The van der Waals surface area contributed by atoms with Crippen LogP contribution in [0.15, 0.2) is 170 Å². The van der Waals surface area contributed by atoms with Crippen molar-refractivity contribution >= 4 is 73.9 Å². The number of ether oxygens (including phenoxy) is 2. The van der Waals surface area contributed by atoms with Gasteiger partial charge in [0.25, 0.3) is 23.6 Å². The van der Waals surface area contributed by atoms with Crippen molar-refractivity contribution in [1.82, 2.24) is 0 Å². The summed E-state index contributed by atoms with van der Waals surface area (Å²) in [7, 11) is 1.59. The molecule has 0 radical (unpaired) electrons. The molecule has 0 saturated heterocycles. The average Bonchev–Trinajstić information content (AvgIpc) is 3.29. The van der Waals surface area contributed by atoms with Crippen LogP contribution in [0.25, 0.3) is 21.5 Å². The van der Waals surface area contributed by atoms with Crippen LogP contribution in [0.1, 0.15) is 51.8 Å². The Morgan fingerprint density at radius 3 is 1.31 bits per heavy atom. The highest BCUT2D eigenvalue weighted by molar-refractivity contribution is 6.10. The van der Waals surface area contributed by atoms with Crippen molar-refractivity contribution in [2.75, 3.05) is 28.4 Å². The second-order valence-corrected chi connectivity index (χ2v) is 14.1. The number of aromatic hydroxyl groups is 1. The smallest absolute Gasteiger partial charge is 0.343 e. The summed E-state index contributed by atoms with van der Waals surface area (Å²) in [6.45, 7) is 0. The molecule has 12 nitrogen and oxygen atoms in total. The van der Waals surface area contributed by atoms with E-state index < -0.39 is 17.8 Å². The maximum absolute atomic E-state index is 13.2.